The second-order valence-electron chi connectivity index (χ2n) is 36.3. The van der Waals surface area contributed by atoms with Crippen LogP contribution in [0.25, 0.3) is 50.6 Å². The Bertz CT molecular complexity index is 6120. The van der Waals surface area contributed by atoms with Gasteiger partial charge in [-0.15, -0.1) is 19.7 Å². The minimum absolute atomic E-state index is 0.153. The predicted molar refractivity (Wildman–Crippen MR) is 486 cm³/mol. The average molecular weight is 1640 g/mol. The molecule has 0 amide bonds. The second kappa shape index (κ2) is 32.8. The van der Waals surface area contributed by atoms with Crippen LogP contribution in [0.1, 0.15) is 143 Å². The minimum Gasteiger partial charge on any atom is -0.371 e. The summed E-state index contributed by atoms with van der Waals surface area (Å²) in [5, 5.41) is 11.4. The number of rotatable bonds is 18. The van der Waals surface area contributed by atoms with Gasteiger partial charge in [-0.3, -0.25) is 14.4 Å². The first-order valence-electron chi connectivity index (χ1n) is 44.0. The van der Waals surface area contributed by atoms with E-state index in [9.17, 15) is 14.4 Å². The van der Waals surface area contributed by atoms with Gasteiger partial charge in [0.15, 0.2) is 34.4 Å². The fraction of sp³-hybridized carbons (Fsp3) is 0.432. The van der Waals surface area contributed by atoms with E-state index in [2.05, 4.69) is 213 Å². The third kappa shape index (κ3) is 15.3. The highest BCUT2D eigenvalue weighted by Crippen LogP contribution is 2.46. The van der Waals surface area contributed by atoms with E-state index >= 15 is 0 Å². The molecule has 3 unspecified atom stereocenters. The number of aryl methyl sites for hydroxylation is 3. The van der Waals surface area contributed by atoms with Crippen molar-refractivity contribution < 1.29 is 0 Å². The van der Waals surface area contributed by atoms with Gasteiger partial charge in [-0.25, -0.2) is 58.0 Å². The molecule has 630 valence electrons. The molecule has 3 atom stereocenters. The standard InChI is InChI=1S/C33H40N8O.2C31H36N8O/c1-4-17-40-31(42)27-22-34-32(37-30(27)41(40)28-12-7-24-6-5-23(2)29(24)36-28)35-25-8-10-26(11-9-25)39-20-15-33(16-21-39)13-18-38(3)19-14-33;1-4-15-38-29(40)25-18-32-30(35-28(25)39(38)26-12-7-22-6-5-21(2)27(22)34-26)33-23-8-10-24(11-9-23)37-16-13-31(14-17-37)19-36(3)20-31;1-4-15-38-29(40)25-18-32-30(35-28(25)39(38)26-12-7-22-6-5-21(2)27(22)34-26)33-23-8-10-24(11-9-23)37-19-31(20-37)13-16-36(3)17-14-31/h4,7-12,22-23H,1,5-6,13-21H2,2-3H3,(H,34,35,37);2*4,7-12,18,21H,1,5-6,13-17,19-20H2,2-3H3,(H,32,33,35). The molecule has 0 bridgehead atoms. The summed E-state index contributed by atoms with van der Waals surface area (Å²) in [6.07, 6.45) is 26.7. The molecule has 3 spiro atoms. The number of aromatic nitrogens is 15. The lowest BCUT2D eigenvalue weighted by Crippen LogP contribution is -2.60. The van der Waals surface area contributed by atoms with Gasteiger partial charge in [0.05, 0.1) is 19.6 Å². The molecule has 3 aliphatic carbocycles. The van der Waals surface area contributed by atoms with Crippen LogP contribution in [-0.4, -0.2) is 187 Å². The molecule has 27 heteroatoms. The molecule has 6 fully saturated rings. The van der Waals surface area contributed by atoms with Crippen molar-refractivity contribution in [3.63, 3.8) is 0 Å². The van der Waals surface area contributed by atoms with Gasteiger partial charge in [0.25, 0.3) is 16.7 Å². The molecule has 12 aromatic rings. The maximum absolute atomic E-state index is 13.3. The highest BCUT2D eigenvalue weighted by Gasteiger charge is 2.46. The molecule has 21 rings (SSSR count). The first kappa shape index (κ1) is 79.8. The molecule has 0 saturated carbocycles. The number of pyridine rings is 3. The molecule has 122 heavy (non-hydrogen) atoms. The Labute approximate surface area is 711 Å². The summed E-state index contributed by atoms with van der Waals surface area (Å²) in [5.74, 6) is 4.58. The van der Waals surface area contributed by atoms with Crippen LogP contribution in [-0.2, 0) is 38.9 Å². The Balaban J connectivity index is 0.000000121. The number of benzene rings is 3. The van der Waals surface area contributed by atoms with Gasteiger partial charge in [-0.05, 0) is 273 Å². The molecule has 3 aromatic carbocycles. The highest BCUT2D eigenvalue weighted by atomic mass is 16.1. The van der Waals surface area contributed by atoms with Gasteiger partial charge in [-0.2, -0.15) is 15.0 Å². The Morgan fingerprint density at radius 3 is 0.975 bits per heavy atom. The van der Waals surface area contributed by atoms with E-state index in [4.69, 9.17) is 29.9 Å². The van der Waals surface area contributed by atoms with Gasteiger partial charge in [0.1, 0.15) is 16.2 Å². The maximum atomic E-state index is 13.3. The third-order valence-corrected chi connectivity index (χ3v) is 28.0. The molecular weight excluding hydrogens is 1530 g/mol. The molecule has 27 nitrogen and oxygen atoms in total. The fourth-order valence-electron chi connectivity index (χ4n) is 20.6. The van der Waals surface area contributed by atoms with Gasteiger partial charge < -0.3 is 45.3 Å². The smallest absolute Gasteiger partial charge is 0.278 e. The van der Waals surface area contributed by atoms with E-state index in [1.807, 2.05) is 32.2 Å². The van der Waals surface area contributed by atoms with E-state index in [1.165, 1.54) is 124 Å². The van der Waals surface area contributed by atoms with Crippen molar-refractivity contribution in [3.8, 4) is 17.5 Å². The first-order valence-corrected chi connectivity index (χ1v) is 44.0. The monoisotopic (exact) mass is 1640 g/mol. The topological polar surface area (TPSA) is 252 Å². The summed E-state index contributed by atoms with van der Waals surface area (Å²) in [6, 6.07) is 37.8. The SMILES string of the molecule is C=CCn1c(=O)c2cnc(Nc3ccc(N4CC5(CCN(C)CC5)C4)cc3)nc2n1-c1ccc2c(n1)C(C)CC2.C=CCn1c(=O)c2cnc(Nc3ccc(N4CCC5(CC4)CN(C)C5)cc3)nc2n1-c1ccc2c(n1)C(C)CC2.C=CCn1c(=O)c2cnc(Nc3ccc(N4CCC5(CCN(C)CC5)CC4)cc3)nc2n1-c1ccc2c(n1)C(C)CC2. The molecule has 9 aliphatic rings. The molecular formula is C95H112N24O3. The maximum Gasteiger partial charge on any atom is 0.278 e. The van der Waals surface area contributed by atoms with Crippen molar-refractivity contribution in [1.29, 1.82) is 0 Å². The van der Waals surface area contributed by atoms with Crippen LogP contribution in [0.15, 0.2) is 180 Å². The Kier molecular flexibility index (Phi) is 21.5. The normalized spacial score (nSPS) is 20.1. The van der Waals surface area contributed by atoms with Crippen LogP contribution in [0.2, 0.25) is 0 Å². The van der Waals surface area contributed by atoms with Gasteiger partial charge in [-0.1, -0.05) is 57.2 Å². The lowest BCUT2D eigenvalue weighted by atomic mass is 9.71. The number of nitrogens with one attached hydrogen (secondary N) is 3. The summed E-state index contributed by atoms with van der Waals surface area (Å²) in [6.45, 7) is 33.3. The lowest BCUT2D eigenvalue weighted by molar-refractivity contribution is 0.00132. The van der Waals surface area contributed by atoms with Crippen LogP contribution in [0, 0.1) is 16.2 Å². The summed E-state index contributed by atoms with van der Waals surface area (Å²) in [5.41, 5.74) is 16.3. The summed E-state index contributed by atoms with van der Waals surface area (Å²) in [7, 11) is 6.67. The Morgan fingerprint density at radius 1 is 0.361 bits per heavy atom. The summed E-state index contributed by atoms with van der Waals surface area (Å²) < 4.78 is 10.3. The largest absolute Gasteiger partial charge is 0.371 e. The molecule has 15 heterocycles. The number of anilines is 9. The average Bonchev–Trinajstić information content (AvgIpc) is 1.52. The Morgan fingerprint density at radius 2 is 0.656 bits per heavy atom. The fourth-order valence-corrected chi connectivity index (χ4v) is 20.6. The van der Waals surface area contributed by atoms with Crippen LogP contribution < -0.4 is 47.3 Å². The van der Waals surface area contributed by atoms with Crippen molar-refractivity contribution in [1.82, 2.24) is 87.6 Å². The predicted octanol–water partition coefficient (Wildman–Crippen LogP) is 14.2. The number of hydrogen-bond acceptors (Lipinski definition) is 21. The zero-order chi connectivity index (χ0) is 83.7. The second-order valence-corrected chi connectivity index (χ2v) is 36.3. The molecule has 3 N–H and O–H groups in total. The molecule has 0 radical (unpaired) electrons. The van der Waals surface area contributed by atoms with Crippen LogP contribution >= 0.6 is 0 Å². The Hall–Kier alpha value is -11.9. The van der Waals surface area contributed by atoms with Crippen molar-refractivity contribution >= 4 is 85.1 Å². The van der Waals surface area contributed by atoms with Gasteiger partial charge in [0, 0.05) is 128 Å². The van der Waals surface area contributed by atoms with E-state index in [1.54, 1.807) is 50.9 Å². The zero-order valence-electron chi connectivity index (χ0n) is 71.3. The van der Waals surface area contributed by atoms with Gasteiger partial charge in [0.2, 0.25) is 17.8 Å². The zero-order valence-corrected chi connectivity index (χ0v) is 71.3. The number of fused-ring (bicyclic) bond motifs is 6. The molecule has 9 aromatic heterocycles. The van der Waals surface area contributed by atoms with Crippen molar-refractivity contribution in [3.05, 3.63) is 231 Å². The van der Waals surface area contributed by atoms with E-state index in [0.29, 0.717) is 122 Å². The third-order valence-electron chi connectivity index (χ3n) is 28.0. The number of hydrogen-bond donors (Lipinski definition) is 3. The van der Waals surface area contributed by atoms with Crippen molar-refractivity contribution in [2.45, 2.75) is 148 Å². The highest BCUT2D eigenvalue weighted by molar-refractivity contribution is 5.80. The quantitative estimate of drug-likeness (QED) is 0.0675. The van der Waals surface area contributed by atoms with Crippen molar-refractivity contribution in [2.24, 2.45) is 16.2 Å². The van der Waals surface area contributed by atoms with E-state index in [-0.39, 0.29) is 16.7 Å². The van der Waals surface area contributed by atoms with Gasteiger partial charge >= 0.3 is 0 Å². The number of allylic oxidation sites excluding steroid dienone is 3. The summed E-state index contributed by atoms with van der Waals surface area (Å²) >= 11 is 0. The molecule has 6 aliphatic heterocycles. The minimum atomic E-state index is -0.155. The van der Waals surface area contributed by atoms with Crippen LogP contribution in [0.4, 0.5) is 52.0 Å². The molecule has 6 saturated heterocycles. The summed E-state index contributed by atoms with van der Waals surface area (Å²) in [4.78, 5) is 97.6. The first-order chi connectivity index (χ1) is 59.3. The van der Waals surface area contributed by atoms with Crippen molar-refractivity contribution in [2.75, 3.05) is 130 Å². The van der Waals surface area contributed by atoms with E-state index in [0.717, 1.165) is 112 Å². The number of likely N-dealkylation sites (tertiary alicyclic amines) is 3. The number of nitrogens with zero attached hydrogens (tertiary/aromatic N) is 21. The number of piperidine rings is 4. The van der Waals surface area contributed by atoms with E-state index < -0.39 is 0 Å². The van der Waals surface area contributed by atoms with Crippen LogP contribution in [0.5, 0.6) is 0 Å². The lowest BCUT2D eigenvalue weighted by Gasteiger charge is -2.54. The van der Waals surface area contributed by atoms with Crippen LogP contribution in [0.3, 0.4) is 0 Å².